The van der Waals surface area contributed by atoms with Crippen molar-refractivity contribution >= 4 is 10.9 Å². The molecule has 0 fully saturated rings. The Morgan fingerprint density at radius 2 is 1.89 bits per heavy atom. The third kappa shape index (κ3) is 4.01. The normalized spacial score (nSPS) is 13.7. The number of nitrogens with one attached hydrogen (secondary N) is 1. The van der Waals surface area contributed by atoms with Crippen LogP contribution in [0.2, 0.25) is 0 Å². The molecule has 1 heterocycles. The van der Waals surface area contributed by atoms with Crippen molar-refractivity contribution in [2.45, 2.75) is 39.7 Å². The smallest absolute Gasteiger partial charge is 0.0705 e. The number of hydrogen-bond acceptors (Lipinski definition) is 3. The number of fused-ring (bicyclic) bond motifs is 1. The van der Waals surface area contributed by atoms with E-state index in [1.165, 1.54) is 5.39 Å². The molecule has 2 aromatic rings. The maximum atomic E-state index is 5.66. The molecule has 0 radical (unpaired) electrons. The van der Waals surface area contributed by atoms with Gasteiger partial charge in [0.05, 0.1) is 5.52 Å². The van der Waals surface area contributed by atoms with Crippen LogP contribution in [-0.4, -0.2) is 11.0 Å². The van der Waals surface area contributed by atoms with Crippen LogP contribution in [0.15, 0.2) is 36.4 Å². The first-order chi connectivity index (χ1) is 8.98. The maximum Gasteiger partial charge on any atom is 0.0705 e. The third-order valence-corrected chi connectivity index (χ3v) is 3.21. The number of para-hydroxylation sites is 1. The number of rotatable bonds is 4. The third-order valence-electron chi connectivity index (χ3n) is 3.21. The van der Waals surface area contributed by atoms with E-state index in [-0.39, 0.29) is 11.5 Å². The van der Waals surface area contributed by atoms with Crippen LogP contribution < -0.4 is 11.3 Å². The predicted octanol–water partition coefficient (Wildman–Crippen LogP) is 3.05. The highest BCUT2D eigenvalue weighted by molar-refractivity contribution is 5.78. The Balaban J connectivity index is 2.15. The summed E-state index contributed by atoms with van der Waals surface area (Å²) in [5.74, 6) is 5.66. The fraction of sp³-hybridized carbons (Fsp3) is 0.438. The zero-order valence-corrected chi connectivity index (χ0v) is 12.0. The molecular formula is C16H23N3. The van der Waals surface area contributed by atoms with Gasteiger partial charge >= 0.3 is 0 Å². The van der Waals surface area contributed by atoms with E-state index in [9.17, 15) is 0 Å². The lowest BCUT2D eigenvalue weighted by Crippen LogP contribution is -2.39. The number of benzene rings is 1. The standard InChI is InChI=1S/C16H23N3/c1-16(2,3)11-14(19-17)10-13-9-8-12-6-4-5-7-15(12)18-13/h4-9,14,19H,10-11,17H2,1-3H3. The lowest BCUT2D eigenvalue weighted by Gasteiger charge is -2.25. The quantitative estimate of drug-likeness (QED) is 0.654. The molecule has 0 aliphatic heterocycles. The fourth-order valence-corrected chi connectivity index (χ4v) is 2.40. The van der Waals surface area contributed by atoms with E-state index >= 15 is 0 Å². The molecule has 0 bridgehead atoms. The van der Waals surface area contributed by atoms with Crippen LogP contribution in [0.5, 0.6) is 0 Å². The van der Waals surface area contributed by atoms with Crippen molar-refractivity contribution in [1.82, 2.24) is 10.4 Å². The van der Waals surface area contributed by atoms with E-state index in [0.717, 1.165) is 24.1 Å². The highest BCUT2D eigenvalue weighted by atomic mass is 15.2. The SMILES string of the molecule is CC(C)(C)CC(Cc1ccc2ccccc2n1)NN. The molecule has 0 aliphatic rings. The van der Waals surface area contributed by atoms with Crippen molar-refractivity contribution in [2.75, 3.05) is 0 Å². The number of nitrogens with two attached hydrogens (primary N) is 1. The van der Waals surface area contributed by atoms with Gasteiger partial charge in [-0.3, -0.25) is 16.3 Å². The molecule has 0 saturated heterocycles. The fourth-order valence-electron chi connectivity index (χ4n) is 2.40. The zero-order valence-electron chi connectivity index (χ0n) is 12.0. The molecule has 0 aliphatic carbocycles. The first-order valence-electron chi connectivity index (χ1n) is 6.79. The van der Waals surface area contributed by atoms with Crippen molar-refractivity contribution < 1.29 is 0 Å². The molecular weight excluding hydrogens is 234 g/mol. The number of nitrogens with zero attached hydrogens (tertiary/aromatic N) is 1. The molecule has 3 N–H and O–H groups in total. The van der Waals surface area contributed by atoms with E-state index in [4.69, 9.17) is 10.8 Å². The monoisotopic (exact) mass is 257 g/mol. The number of hydrogen-bond donors (Lipinski definition) is 2. The summed E-state index contributed by atoms with van der Waals surface area (Å²) in [6, 6.07) is 12.7. The van der Waals surface area contributed by atoms with Crippen molar-refractivity contribution in [3.05, 3.63) is 42.1 Å². The molecule has 19 heavy (non-hydrogen) atoms. The number of pyridine rings is 1. The average Bonchev–Trinajstić information content (AvgIpc) is 2.36. The molecule has 1 aromatic carbocycles. The van der Waals surface area contributed by atoms with Gasteiger partial charge < -0.3 is 0 Å². The van der Waals surface area contributed by atoms with E-state index in [1.54, 1.807) is 0 Å². The summed E-state index contributed by atoms with van der Waals surface area (Å²) in [7, 11) is 0. The minimum absolute atomic E-state index is 0.258. The molecule has 3 nitrogen and oxygen atoms in total. The largest absolute Gasteiger partial charge is 0.271 e. The Kier molecular flexibility index (Phi) is 4.17. The van der Waals surface area contributed by atoms with Gasteiger partial charge in [0.15, 0.2) is 0 Å². The summed E-state index contributed by atoms with van der Waals surface area (Å²) < 4.78 is 0. The lowest BCUT2D eigenvalue weighted by molar-refractivity contribution is 0.307. The van der Waals surface area contributed by atoms with Gasteiger partial charge in [-0.15, -0.1) is 0 Å². The number of aromatic nitrogens is 1. The van der Waals surface area contributed by atoms with E-state index < -0.39 is 0 Å². The van der Waals surface area contributed by atoms with Crippen LogP contribution in [-0.2, 0) is 6.42 Å². The molecule has 2 rings (SSSR count). The molecule has 3 heteroatoms. The van der Waals surface area contributed by atoms with E-state index in [2.05, 4.69) is 44.4 Å². The van der Waals surface area contributed by atoms with Gasteiger partial charge in [0, 0.05) is 23.5 Å². The second kappa shape index (κ2) is 5.68. The highest BCUT2D eigenvalue weighted by Gasteiger charge is 2.18. The Morgan fingerprint density at radius 1 is 1.16 bits per heavy atom. The minimum Gasteiger partial charge on any atom is -0.271 e. The van der Waals surface area contributed by atoms with Crippen LogP contribution in [0.25, 0.3) is 10.9 Å². The van der Waals surface area contributed by atoms with Crippen molar-refractivity contribution in [1.29, 1.82) is 0 Å². The van der Waals surface area contributed by atoms with Crippen molar-refractivity contribution in [3.8, 4) is 0 Å². The molecule has 102 valence electrons. The molecule has 0 amide bonds. The molecule has 0 saturated carbocycles. The van der Waals surface area contributed by atoms with Gasteiger partial charge in [-0.1, -0.05) is 45.0 Å². The summed E-state index contributed by atoms with van der Waals surface area (Å²) in [4.78, 5) is 4.70. The van der Waals surface area contributed by atoms with Gasteiger partial charge in [0.25, 0.3) is 0 Å². The van der Waals surface area contributed by atoms with Crippen molar-refractivity contribution in [2.24, 2.45) is 11.3 Å². The Bertz CT molecular complexity index is 543. The first-order valence-corrected chi connectivity index (χ1v) is 6.79. The lowest BCUT2D eigenvalue weighted by atomic mass is 9.86. The van der Waals surface area contributed by atoms with Gasteiger partial charge in [0.2, 0.25) is 0 Å². The van der Waals surface area contributed by atoms with E-state index in [0.29, 0.717) is 0 Å². The summed E-state index contributed by atoms with van der Waals surface area (Å²) >= 11 is 0. The van der Waals surface area contributed by atoms with Crippen LogP contribution in [0, 0.1) is 5.41 Å². The predicted molar refractivity (Wildman–Crippen MR) is 80.6 cm³/mol. The average molecular weight is 257 g/mol. The second-order valence-corrected chi connectivity index (χ2v) is 6.33. The minimum atomic E-state index is 0.258. The molecule has 1 unspecified atom stereocenters. The molecule has 1 aromatic heterocycles. The van der Waals surface area contributed by atoms with Crippen LogP contribution in [0.1, 0.15) is 32.9 Å². The molecule has 1 atom stereocenters. The number of hydrazine groups is 1. The van der Waals surface area contributed by atoms with Gasteiger partial charge in [-0.2, -0.15) is 0 Å². The maximum absolute atomic E-state index is 5.66. The topological polar surface area (TPSA) is 50.9 Å². The Labute approximate surface area is 115 Å². The highest BCUT2D eigenvalue weighted by Crippen LogP contribution is 2.22. The van der Waals surface area contributed by atoms with Crippen LogP contribution >= 0.6 is 0 Å². The second-order valence-electron chi connectivity index (χ2n) is 6.33. The van der Waals surface area contributed by atoms with Crippen LogP contribution in [0.3, 0.4) is 0 Å². The van der Waals surface area contributed by atoms with E-state index in [1.807, 2.05) is 18.2 Å². The summed E-state index contributed by atoms with van der Waals surface area (Å²) in [5.41, 5.74) is 5.31. The summed E-state index contributed by atoms with van der Waals surface area (Å²) in [5, 5.41) is 1.18. The van der Waals surface area contributed by atoms with Gasteiger partial charge in [-0.25, -0.2) is 0 Å². The van der Waals surface area contributed by atoms with Gasteiger partial charge in [0.1, 0.15) is 0 Å². The van der Waals surface area contributed by atoms with Crippen molar-refractivity contribution in [3.63, 3.8) is 0 Å². The van der Waals surface area contributed by atoms with Crippen LogP contribution in [0.4, 0.5) is 0 Å². The van der Waals surface area contributed by atoms with Gasteiger partial charge in [-0.05, 0) is 24.0 Å². The Hall–Kier alpha value is -1.45. The Morgan fingerprint density at radius 3 is 2.58 bits per heavy atom. The summed E-state index contributed by atoms with van der Waals surface area (Å²) in [6.45, 7) is 6.68. The molecule has 0 spiro atoms. The zero-order chi connectivity index (χ0) is 13.9. The first kappa shape index (κ1) is 14.0. The summed E-state index contributed by atoms with van der Waals surface area (Å²) in [6.07, 6.45) is 1.89.